The number of hydrogen-bond acceptors (Lipinski definition) is 7. The maximum Gasteiger partial charge on any atom is 0.209 e. The van der Waals surface area contributed by atoms with Crippen LogP contribution in [0.2, 0.25) is 0 Å². The monoisotopic (exact) mass is 596 g/mol. The number of benzene rings is 1. The minimum absolute atomic E-state index is 0.0115. The van der Waals surface area contributed by atoms with Crippen molar-refractivity contribution < 1.29 is 12.8 Å². The van der Waals surface area contributed by atoms with Crippen LogP contribution in [-0.4, -0.2) is 62.8 Å². The number of likely N-dealkylation sites (tertiary alicyclic amines) is 1. The quantitative estimate of drug-likeness (QED) is 0.225. The first-order valence-corrected chi connectivity index (χ1v) is 15.9. The van der Waals surface area contributed by atoms with Crippen LogP contribution in [0.4, 0.5) is 4.39 Å². The molecule has 218 valence electrons. The summed E-state index contributed by atoms with van der Waals surface area (Å²) in [7, 11) is -3.42. The fourth-order valence-corrected chi connectivity index (χ4v) is 6.16. The van der Waals surface area contributed by atoms with E-state index < -0.39 is 15.8 Å². The summed E-state index contributed by atoms with van der Waals surface area (Å²) in [5, 5.41) is 9.18. The molecule has 6 aromatic rings. The Morgan fingerprint density at radius 3 is 2.58 bits per heavy atom. The van der Waals surface area contributed by atoms with Crippen molar-refractivity contribution in [2.45, 2.75) is 25.9 Å². The number of H-pyrrole nitrogens is 2. The SMILES string of the molecule is CS(=O)(=O)NCc1cc(F)cc(-c2ccnc3[nH]c(-c4[nH]nc5ncc(-c6cncc(CN7CCCC7)c6)cc45)cc23)c1. The molecule has 0 radical (unpaired) electrons. The van der Waals surface area contributed by atoms with Crippen LogP contribution in [0.25, 0.3) is 55.7 Å². The number of rotatable bonds is 8. The third-order valence-corrected chi connectivity index (χ3v) is 8.42. The van der Waals surface area contributed by atoms with Crippen molar-refractivity contribution in [2.75, 3.05) is 19.3 Å². The molecule has 0 aliphatic carbocycles. The predicted octanol–water partition coefficient (Wildman–Crippen LogP) is 5.01. The summed E-state index contributed by atoms with van der Waals surface area (Å²) >= 11 is 0. The zero-order chi connectivity index (χ0) is 29.6. The van der Waals surface area contributed by atoms with Gasteiger partial charge < -0.3 is 4.98 Å². The first-order chi connectivity index (χ1) is 20.8. The minimum atomic E-state index is -3.42. The molecular formula is C31H29FN8O2S. The van der Waals surface area contributed by atoms with Crippen molar-refractivity contribution in [3.05, 3.63) is 84.2 Å². The van der Waals surface area contributed by atoms with Crippen LogP contribution >= 0.6 is 0 Å². The van der Waals surface area contributed by atoms with Crippen molar-refractivity contribution in [1.29, 1.82) is 0 Å². The van der Waals surface area contributed by atoms with Gasteiger partial charge in [0.15, 0.2) is 5.65 Å². The van der Waals surface area contributed by atoms with Gasteiger partial charge in [0.05, 0.1) is 17.6 Å². The van der Waals surface area contributed by atoms with E-state index in [1.807, 2.05) is 30.7 Å². The van der Waals surface area contributed by atoms with E-state index >= 15 is 0 Å². The number of nitrogens with one attached hydrogen (secondary N) is 3. The molecule has 12 heteroatoms. The Balaban J connectivity index is 1.24. The molecule has 3 N–H and O–H groups in total. The zero-order valence-corrected chi connectivity index (χ0v) is 24.2. The number of halogens is 1. The van der Waals surface area contributed by atoms with Gasteiger partial charge in [0.2, 0.25) is 10.0 Å². The van der Waals surface area contributed by atoms with Crippen LogP contribution in [0, 0.1) is 5.82 Å². The zero-order valence-electron chi connectivity index (χ0n) is 23.4. The van der Waals surface area contributed by atoms with Crippen molar-refractivity contribution in [1.82, 2.24) is 39.8 Å². The number of sulfonamides is 1. The van der Waals surface area contributed by atoms with Crippen molar-refractivity contribution in [2.24, 2.45) is 0 Å². The van der Waals surface area contributed by atoms with Crippen molar-refractivity contribution in [3.63, 3.8) is 0 Å². The molecule has 43 heavy (non-hydrogen) atoms. The second-order valence-corrected chi connectivity index (χ2v) is 12.8. The van der Waals surface area contributed by atoms with E-state index in [1.165, 1.54) is 30.5 Å². The molecule has 0 saturated carbocycles. The number of fused-ring (bicyclic) bond motifs is 2. The normalized spacial score (nSPS) is 14.3. The standard InChI is InChI=1S/C31H29FN8O2S/c1-43(41,42)36-15-19-8-21(11-24(32)10-19)25-4-5-34-30-26(25)13-28(37-30)29-27-12-23(17-35-31(27)39-38-29)22-9-20(14-33-16-22)18-40-6-2-3-7-40/h4-5,8-14,16-17,36H,2-3,6-7,15,18H2,1H3,(H,34,37)(H,35,38,39). The highest BCUT2D eigenvalue weighted by molar-refractivity contribution is 7.88. The lowest BCUT2D eigenvalue weighted by atomic mass is 10.0. The largest absolute Gasteiger partial charge is 0.338 e. The van der Waals surface area contributed by atoms with E-state index in [4.69, 9.17) is 0 Å². The smallest absolute Gasteiger partial charge is 0.209 e. The second kappa shape index (κ2) is 11.0. The van der Waals surface area contributed by atoms with Crippen LogP contribution < -0.4 is 4.72 Å². The molecule has 1 aliphatic rings. The van der Waals surface area contributed by atoms with Gasteiger partial charge in [0.1, 0.15) is 11.5 Å². The van der Waals surface area contributed by atoms with E-state index in [0.717, 1.165) is 64.7 Å². The fraction of sp³-hybridized carbons (Fsp3) is 0.226. The Kier molecular flexibility index (Phi) is 6.96. The Morgan fingerprint density at radius 1 is 0.930 bits per heavy atom. The summed E-state index contributed by atoms with van der Waals surface area (Å²) in [6.07, 6.45) is 10.8. The van der Waals surface area contributed by atoms with Crippen molar-refractivity contribution in [3.8, 4) is 33.6 Å². The Hall–Kier alpha value is -4.52. The Bertz CT molecular complexity index is 2080. The van der Waals surface area contributed by atoms with Crippen molar-refractivity contribution >= 4 is 32.1 Å². The molecule has 5 aromatic heterocycles. The fourth-order valence-electron chi connectivity index (χ4n) is 5.73. The molecule has 0 atom stereocenters. The molecule has 1 aliphatic heterocycles. The van der Waals surface area contributed by atoms with E-state index in [0.29, 0.717) is 22.4 Å². The first kappa shape index (κ1) is 27.3. The minimum Gasteiger partial charge on any atom is -0.338 e. The highest BCUT2D eigenvalue weighted by Gasteiger charge is 2.17. The Morgan fingerprint density at radius 2 is 1.74 bits per heavy atom. The highest BCUT2D eigenvalue weighted by Crippen LogP contribution is 2.34. The molecule has 0 unspecified atom stereocenters. The first-order valence-electron chi connectivity index (χ1n) is 14.0. The second-order valence-electron chi connectivity index (χ2n) is 11.0. The van der Waals surface area contributed by atoms with E-state index in [-0.39, 0.29) is 6.54 Å². The molecule has 10 nitrogen and oxygen atoms in total. The van der Waals surface area contributed by atoms with Crippen LogP contribution in [0.1, 0.15) is 24.0 Å². The molecule has 1 saturated heterocycles. The molecule has 1 aromatic carbocycles. The number of aromatic amines is 2. The maximum absolute atomic E-state index is 14.6. The Labute approximate surface area is 247 Å². The van der Waals surface area contributed by atoms with Crippen LogP contribution in [0.15, 0.2) is 67.3 Å². The van der Waals surface area contributed by atoms with E-state index in [9.17, 15) is 12.8 Å². The van der Waals surface area contributed by atoms with E-state index in [2.05, 4.69) is 51.9 Å². The lowest BCUT2D eigenvalue weighted by molar-refractivity contribution is 0.331. The van der Waals surface area contributed by atoms with E-state index in [1.54, 1.807) is 12.3 Å². The van der Waals surface area contributed by atoms with Gasteiger partial charge in [0.25, 0.3) is 0 Å². The van der Waals surface area contributed by atoms with Gasteiger partial charge in [0, 0.05) is 59.8 Å². The van der Waals surface area contributed by atoms with Gasteiger partial charge in [-0.05, 0) is 90.6 Å². The van der Waals surface area contributed by atoms with Gasteiger partial charge in [-0.2, -0.15) is 5.10 Å². The summed E-state index contributed by atoms with van der Waals surface area (Å²) in [4.78, 5) is 19.4. The number of pyridine rings is 3. The summed E-state index contributed by atoms with van der Waals surface area (Å²) < 4.78 is 40.2. The van der Waals surface area contributed by atoms with Gasteiger partial charge in [-0.1, -0.05) is 0 Å². The molecule has 0 bridgehead atoms. The summed E-state index contributed by atoms with van der Waals surface area (Å²) in [6, 6.07) is 12.5. The van der Waals surface area contributed by atoms with Gasteiger partial charge in [-0.3, -0.25) is 15.0 Å². The topological polar surface area (TPSA) is 133 Å². The lowest BCUT2D eigenvalue weighted by Gasteiger charge is -2.14. The number of hydrogen-bond donors (Lipinski definition) is 3. The van der Waals surface area contributed by atoms with Crippen LogP contribution in [0.5, 0.6) is 0 Å². The molecule has 0 spiro atoms. The van der Waals surface area contributed by atoms with Gasteiger partial charge in [-0.25, -0.2) is 27.5 Å². The molecule has 0 amide bonds. The predicted molar refractivity (Wildman–Crippen MR) is 164 cm³/mol. The summed E-state index contributed by atoms with van der Waals surface area (Å²) in [6.45, 7) is 3.12. The number of nitrogens with zero attached hydrogens (tertiary/aromatic N) is 5. The summed E-state index contributed by atoms with van der Waals surface area (Å²) in [5.41, 5.74) is 7.71. The molecule has 6 heterocycles. The molecule has 1 fully saturated rings. The van der Waals surface area contributed by atoms with Gasteiger partial charge >= 0.3 is 0 Å². The van der Waals surface area contributed by atoms with Gasteiger partial charge in [-0.15, -0.1) is 0 Å². The summed E-state index contributed by atoms with van der Waals surface area (Å²) in [5.74, 6) is -0.458. The highest BCUT2D eigenvalue weighted by atomic mass is 32.2. The lowest BCUT2D eigenvalue weighted by Crippen LogP contribution is -2.21. The van der Waals surface area contributed by atoms with Crippen LogP contribution in [-0.2, 0) is 23.1 Å². The third-order valence-electron chi connectivity index (χ3n) is 7.75. The third kappa shape index (κ3) is 5.76. The average Bonchev–Trinajstić information content (AvgIpc) is 3.75. The number of aromatic nitrogens is 6. The average molecular weight is 597 g/mol. The maximum atomic E-state index is 14.6. The molecular weight excluding hydrogens is 567 g/mol. The molecule has 7 rings (SSSR count). The van der Waals surface area contributed by atoms with Crippen LogP contribution in [0.3, 0.4) is 0 Å².